The summed E-state index contributed by atoms with van der Waals surface area (Å²) in [6.45, 7) is 3.73. The molecule has 5 heterocycles. The Labute approximate surface area is 265 Å². The monoisotopic (exact) mass is 624 g/mol. The number of hydrogen-bond acceptors (Lipinski definition) is 11. The summed E-state index contributed by atoms with van der Waals surface area (Å²) in [6, 6.07) is 13.5. The van der Waals surface area contributed by atoms with Crippen molar-refractivity contribution < 1.29 is 19.4 Å². The zero-order valence-electron chi connectivity index (χ0n) is 25.8. The number of anilines is 3. The molecule has 7 rings (SSSR count). The number of aliphatic hydroxyl groups excluding tert-OH is 1. The number of carbonyl (C=O) groups is 1. The minimum Gasteiger partial charge on any atom is -0.497 e. The normalized spacial score (nSPS) is 14.9. The summed E-state index contributed by atoms with van der Waals surface area (Å²) in [4.78, 5) is 28.7. The van der Waals surface area contributed by atoms with Crippen LogP contribution in [0.3, 0.4) is 0 Å². The maximum atomic E-state index is 13.1. The number of nitrogens with one attached hydrogen (secondary N) is 1. The molecule has 1 aromatic carbocycles. The van der Waals surface area contributed by atoms with Gasteiger partial charge in [-0.2, -0.15) is 0 Å². The highest BCUT2D eigenvalue weighted by Gasteiger charge is 2.32. The molecule has 2 N–H and O–H groups in total. The molecule has 14 nitrogen and oxygen atoms in total. The molecule has 5 aromatic rings. The van der Waals surface area contributed by atoms with Gasteiger partial charge in [-0.1, -0.05) is 12.1 Å². The first kappa shape index (κ1) is 29.6. The van der Waals surface area contributed by atoms with Gasteiger partial charge in [0.2, 0.25) is 0 Å². The van der Waals surface area contributed by atoms with Crippen LogP contribution >= 0.6 is 0 Å². The second kappa shape index (κ2) is 12.7. The minimum atomic E-state index is -0.320. The van der Waals surface area contributed by atoms with E-state index in [-0.39, 0.29) is 31.0 Å². The number of amides is 2. The van der Waals surface area contributed by atoms with E-state index >= 15 is 0 Å². The lowest BCUT2D eigenvalue weighted by atomic mass is 10.1. The van der Waals surface area contributed by atoms with Gasteiger partial charge in [0.15, 0.2) is 23.1 Å². The van der Waals surface area contributed by atoms with Crippen LogP contribution < -0.4 is 19.9 Å². The summed E-state index contributed by atoms with van der Waals surface area (Å²) >= 11 is 0. The van der Waals surface area contributed by atoms with E-state index < -0.39 is 0 Å². The van der Waals surface area contributed by atoms with Crippen molar-refractivity contribution in [2.24, 2.45) is 0 Å². The van der Waals surface area contributed by atoms with Crippen molar-refractivity contribution in [3.8, 4) is 17.1 Å². The van der Waals surface area contributed by atoms with Crippen molar-refractivity contribution in [3.63, 3.8) is 0 Å². The van der Waals surface area contributed by atoms with Gasteiger partial charge in [0.25, 0.3) is 0 Å². The molecular weight excluding hydrogens is 588 g/mol. The lowest BCUT2D eigenvalue weighted by Crippen LogP contribution is -2.38. The molecule has 2 aliphatic rings. The van der Waals surface area contributed by atoms with Crippen LogP contribution in [-0.2, 0) is 11.3 Å². The van der Waals surface area contributed by atoms with Crippen LogP contribution in [0.25, 0.3) is 27.9 Å². The molecular formula is C32H36N10O4. The number of carbonyl (C=O) groups excluding carboxylic acids is 1. The fourth-order valence-electron chi connectivity index (χ4n) is 5.74. The molecule has 0 spiro atoms. The van der Waals surface area contributed by atoms with Gasteiger partial charge in [-0.3, -0.25) is 5.32 Å². The molecule has 0 radical (unpaired) electrons. The first-order valence-corrected chi connectivity index (χ1v) is 15.4. The van der Waals surface area contributed by atoms with Crippen LogP contribution in [0.5, 0.6) is 5.75 Å². The van der Waals surface area contributed by atoms with Crippen LogP contribution in [0.15, 0.2) is 54.9 Å². The summed E-state index contributed by atoms with van der Waals surface area (Å²) in [5.74, 6) is 2.18. The molecule has 2 fully saturated rings. The molecule has 0 unspecified atom stereocenters. The highest BCUT2D eigenvalue weighted by molar-refractivity contribution is 6.00. The van der Waals surface area contributed by atoms with Crippen LogP contribution in [0.1, 0.15) is 18.4 Å². The van der Waals surface area contributed by atoms with Gasteiger partial charge in [0, 0.05) is 56.4 Å². The Morgan fingerprint density at radius 2 is 1.93 bits per heavy atom. The second-order valence-corrected chi connectivity index (χ2v) is 11.5. The molecule has 46 heavy (non-hydrogen) atoms. The van der Waals surface area contributed by atoms with E-state index in [1.807, 2.05) is 54.5 Å². The molecule has 4 aromatic heterocycles. The molecule has 1 aliphatic carbocycles. The predicted molar refractivity (Wildman–Crippen MR) is 173 cm³/mol. The first-order chi connectivity index (χ1) is 22.5. The van der Waals surface area contributed by atoms with Crippen LogP contribution in [0, 0.1) is 0 Å². The topological polar surface area (TPSA) is 146 Å². The summed E-state index contributed by atoms with van der Waals surface area (Å²) in [5.41, 5.74) is 4.02. The number of benzene rings is 1. The molecule has 1 saturated heterocycles. The third kappa shape index (κ3) is 6.08. The largest absolute Gasteiger partial charge is 0.497 e. The van der Waals surface area contributed by atoms with Crippen LogP contribution in [0.2, 0.25) is 0 Å². The van der Waals surface area contributed by atoms with Gasteiger partial charge >= 0.3 is 6.03 Å². The first-order valence-electron chi connectivity index (χ1n) is 15.4. The van der Waals surface area contributed by atoms with Gasteiger partial charge in [-0.05, 0) is 48.7 Å². The molecule has 238 valence electrons. The van der Waals surface area contributed by atoms with Gasteiger partial charge in [0.1, 0.15) is 11.3 Å². The number of ether oxygens (including phenoxy) is 2. The zero-order valence-corrected chi connectivity index (χ0v) is 25.8. The van der Waals surface area contributed by atoms with E-state index in [0.29, 0.717) is 53.5 Å². The maximum Gasteiger partial charge on any atom is 0.323 e. The quantitative estimate of drug-likeness (QED) is 0.236. The molecule has 2 amide bonds. The molecule has 0 atom stereocenters. The van der Waals surface area contributed by atoms with Crippen molar-refractivity contribution in [2.75, 3.05) is 68.7 Å². The fourth-order valence-corrected chi connectivity index (χ4v) is 5.74. The predicted octanol–water partition coefficient (Wildman–Crippen LogP) is 3.20. The van der Waals surface area contributed by atoms with E-state index in [9.17, 15) is 9.90 Å². The Morgan fingerprint density at radius 1 is 1.13 bits per heavy atom. The molecule has 1 aliphatic heterocycles. The lowest BCUT2D eigenvalue weighted by molar-refractivity contribution is 0.122. The highest BCUT2D eigenvalue weighted by atomic mass is 16.5. The van der Waals surface area contributed by atoms with Crippen molar-refractivity contribution >= 4 is 39.9 Å². The Morgan fingerprint density at radius 3 is 2.67 bits per heavy atom. The highest BCUT2D eigenvalue weighted by Crippen LogP contribution is 2.33. The number of rotatable bonds is 10. The van der Waals surface area contributed by atoms with E-state index in [2.05, 4.69) is 20.4 Å². The third-order valence-electron chi connectivity index (χ3n) is 8.31. The summed E-state index contributed by atoms with van der Waals surface area (Å²) in [6.07, 6.45) is 5.56. The van der Waals surface area contributed by atoms with Gasteiger partial charge in [0.05, 0.1) is 38.8 Å². The lowest BCUT2D eigenvalue weighted by Gasteiger charge is -2.28. The molecule has 14 heteroatoms. The van der Waals surface area contributed by atoms with Crippen LogP contribution in [-0.4, -0.2) is 105 Å². The number of hydrogen-bond donors (Lipinski definition) is 2. The van der Waals surface area contributed by atoms with Crippen LogP contribution in [0.4, 0.5) is 22.1 Å². The number of aromatic nitrogens is 6. The molecule has 1 saturated carbocycles. The fraction of sp³-hybridized carbons (Fsp3) is 0.375. The summed E-state index contributed by atoms with van der Waals surface area (Å²) in [5, 5.41) is 26.9. The second-order valence-electron chi connectivity index (χ2n) is 11.5. The Bertz CT molecular complexity index is 1850. The van der Waals surface area contributed by atoms with Crippen molar-refractivity contribution in [1.82, 2.24) is 34.7 Å². The van der Waals surface area contributed by atoms with E-state index in [4.69, 9.17) is 24.5 Å². The number of methoxy groups -OCH3 is 1. The SMILES string of the molecule is COc1ccc(CN(C)c2ncc(-c3nc4ccc(N5CCOCC5)cn4n3)c3cc(NC(=O)N(CCO)C4CC4)nnc23)cc1. The number of aliphatic hydroxyl groups is 1. The number of nitrogens with zero attached hydrogens (tertiary/aromatic N) is 9. The van der Waals surface area contributed by atoms with E-state index in [1.54, 1.807) is 28.8 Å². The number of fused-ring (bicyclic) bond motifs is 2. The summed E-state index contributed by atoms with van der Waals surface area (Å²) in [7, 11) is 3.59. The third-order valence-corrected chi connectivity index (χ3v) is 8.31. The molecule has 0 bridgehead atoms. The van der Waals surface area contributed by atoms with Crippen molar-refractivity contribution in [1.29, 1.82) is 0 Å². The Hall–Kier alpha value is -5.08. The van der Waals surface area contributed by atoms with Gasteiger partial charge in [-0.15, -0.1) is 15.3 Å². The van der Waals surface area contributed by atoms with Gasteiger partial charge in [-0.25, -0.2) is 19.3 Å². The minimum absolute atomic E-state index is 0.111. The number of pyridine rings is 2. The number of morpholine rings is 1. The van der Waals surface area contributed by atoms with Gasteiger partial charge < -0.3 is 29.3 Å². The van der Waals surface area contributed by atoms with E-state index in [0.717, 1.165) is 42.9 Å². The maximum absolute atomic E-state index is 13.1. The van der Waals surface area contributed by atoms with Crippen molar-refractivity contribution in [2.45, 2.75) is 25.4 Å². The standard InChI is InChI=1S/C32H36N10O4/c1-39(19-21-3-8-24(45-2)9-4-21)31-29-25(17-27(36-37-29)34-32(44)41(11-14-43)22-5-6-22)26(18-33-31)30-35-28-10-7-23(20-42(28)38-30)40-12-15-46-16-13-40/h3-4,7-10,17-18,20,22,43H,5-6,11-16,19H2,1-2H3,(H,34,36,44). The van der Waals surface area contributed by atoms with Crippen molar-refractivity contribution in [3.05, 3.63) is 60.4 Å². The zero-order chi connectivity index (χ0) is 31.6. The Kier molecular flexibility index (Phi) is 8.20. The smallest absolute Gasteiger partial charge is 0.323 e. The Balaban J connectivity index is 1.26. The average molecular weight is 625 g/mol. The number of urea groups is 1. The average Bonchev–Trinajstić information content (AvgIpc) is 3.84. The summed E-state index contributed by atoms with van der Waals surface area (Å²) < 4.78 is 12.6. The van der Waals surface area contributed by atoms with E-state index in [1.165, 1.54) is 0 Å².